The summed E-state index contributed by atoms with van der Waals surface area (Å²) in [5.74, 6) is 0.884. The molecule has 4 aliphatic heterocycles. The minimum Gasteiger partial charge on any atom is -0.488 e. The Morgan fingerprint density at radius 2 is 1.72 bits per heavy atom. The third kappa shape index (κ3) is 4.81. The van der Waals surface area contributed by atoms with Crippen molar-refractivity contribution in [3.8, 4) is 5.75 Å². The summed E-state index contributed by atoms with van der Waals surface area (Å²) in [5, 5.41) is 3.11. The van der Waals surface area contributed by atoms with Gasteiger partial charge in [-0.3, -0.25) is 4.90 Å². The zero-order valence-corrected chi connectivity index (χ0v) is 19.6. The number of ether oxygens (including phenoxy) is 1. The minimum atomic E-state index is 0.0137. The Bertz CT molecular complexity index is 847. The number of nitrogens with zero attached hydrogens (tertiary/aromatic N) is 3. The molecule has 0 aromatic heterocycles. The molecule has 0 unspecified atom stereocenters. The van der Waals surface area contributed by atoms with Crippen molar-refractivity contribution in [1.29, 1.82) is 0 Å². The molecule has 0 aliphatic carbocycles. The van der Waals surface area contributed by atoms with Crippen LogP contribution in [0.25, 0.3) is 5.57 Å². The monoisotopic (exact) mass is 438 g/mol. The van der Waals surface area contributed by atoms with Gasteiger partial charge in [0.15, 0.2) is 0 Å². The van der Waals surface area contributed by atoms with Crippen molar-refractivity contribution in [3.05, 3.63) is 29.3 Å². The molecule has 3 fully saturated rings. The molecule has 0 bridgehead atoms. The predicted molar refractivity (Wildman–Crippen MR) is 129 cm³/mol. The predicted octanol–water partition coefficient (Wildman–Crippen LogP) is 4.43. The molecule has 2 amide bonds. The van der Waals surface area contributed by atoms with Crippen LogP contribution in [0.2, 0.25) is 0 Å². The summed E-state index contributed by atoms with van der Waals surface area (Å²) in [7, 11) is 0. The van der Waals surface area contributed by atoms with Gasteiger partial charge in [0, 0.05) is 43.0 Å². The van der Waals surface area contributed by atoms with Crippen LogP contribution in [0.3, 0.4) is 0 Å². The van der Waals surface area contributed by atoms with E-state index in [1.807, 2.05) is 17.0 Å². The molecule has 4 aliphatic rings. The number of anilines is 1. The Morgan fingerprint density at radius 1 is 1.00 bits per heavy atom. The minimum absolute atomic E-state index is 0.0137. The van der Waals surface area contributed by atoms with Gasteiger partial charge in [-0.05, 0) is 94.9 Å². The number of amides is 2. The van der Waals surface area contributed by atoms with E-state index < -0.39 is 0 Å². The van der Waals surface area contributed by atoms with E-state index >= 15 is 0 Å². The van der Waals surface area contributed by atoms with E-state index in [-0.39, 0.29) is 6.03 Å². The Morgan fingerprint density at radius 3 is 2.47 bits per heavy atom. The van der Waals surface area contributed by atoms with E-state index in [1.165, 1.54) is 69.4 Å². The molecule has 1 N–H and O–H groups in total. The van der Waals surface area contributed by atoms with E-state index in [0.717, 1.165) is 49.5 Å². The molecule has 1 aromatic rings. The van der Waals surface area contributed by atoms with Crippen LogP contribution in [0.15, 0.2) is 23.8 Å². The van der Waals surface area contributed by atoms with E-state index in [1.54, 1.807) is 0 Å². The van der Waals surface area contributed by atoms with Crippen LogP contribution in [0, 0.1) is 0 Å². The van der Waals surface area contributed by atoms with Gasteiger partial charge in [0.05, 0.1) is 0 Å². The topological polar surface area (TPSA) is 48.1 Å². The van der Waals surface area contributed by atoms with E-state index in [2.05, 4.69) is 28.1 Å². The number of fused-ring (bicyclic) bond motifs is 1. The standard InChI is InChI=1S/C26H38N4O2/c1-20-21(18-28-11-5-6-12-28)19-32-25-17-22(7-8-24(20)25)27-26(31)30-15-9-23(10-16-30)29-13-3-2-4-14-29/h7-8,17,23H,2-6,9-16,18-19H2,1H3,(H,27,31). The van der Waals surface area contributed by atoms with Gasteiger partial charge < -0.3 is 19.9 Å². The van der Waals surface area contributed by atoms with E-state index in [9.17, 15) is 4.79 Å². The quantitative estimate of drug-likeness (QED) is 0.756. The number of hydrogen-bond acceptors (Lipinski definition) is 4. The van der Waals surface area contributed by atoms with Gasteiger partial charge in [0.1, 0.15) is 12.4 Å². The lowest BCUT2D eigenvalue weighted by Gasteiger charge is -2.40. The first kappa shape index (κ1) is 21.8. The number of hydrogen-bond donors (Lipinski definition) is 1. The number of likely N-dealkylation sites (tertiary alicyclic amines) is 3. The lowest BCUT2D eigenvalue weighted by molar-refractivity contribution is 0.104. The third-order valence-electron chi connectivity index (χ3n) is 7.84. The molecule has 6 heteroatoms. The van der Waals surface area contributed by atoms with Crippen LogP contribution in [-0.4, -0.2) is 79.2 Å². The molecule has 0 saturated carbocycles. The highest BCUT2D eigenvalue weighted by molar-refractivity contribution is 5.90. The molecule has 6 nitrogen and oxygen atoms in total. The molecule has 174 valence electrons. The second-order valence-electron chi connectivity index (χ2n) is 9.96. The van der Waals surface area contributed by atoms with Crippen molar-refractivity contribution in [1.82, 2.24) is 14.7 Å². The van der Waals surface area contributed by atoms with Crippen LogP contribution in [0.1, 0.15) is 57.4 Å². The lowest BCUT2D eigenvalue weighted by atomic mass is 9.97. The molecule has 0 spiro atoms. The molecule has 1 aromatic carbocycles. The van der Waals surface area contributed by atoms with Crippen LogP contribution in [-0.2, 0) is 0 Å². The third-order valence-corrected chi connectivity index (χ3v) is 7.84. The summed E-state index contributed by atoms with van der Waals surface area (Å²) in [4.78, 5) is 20.0. The second kappa shape index (κ2) is 9.84. The number of benzene rings is 1. The number of piperidine rings is 2. The molecular formula is C26H38N4O2. The molecule has 0 radical (unpaired) electrons. The highest BCUT2D eigenvalue weighted by Crippen LogP contribution is 2.35. The molecule has 5 rings (SSSR count). The average molecular weight is 439 g/mol. The van der Waals surface area contributed by atoms with Crippen molar-refractivity contribution >= 4 is 17.3 Å². The van der Waals surface area contributed by atoms with Gasteiger partial charge in [-0.1, -0.05) is 6.42 Å². The number of carbonyl (C=O) groups is 1. The highest BCUT2D eigenvalue weighted by atomic mass is 16.5. The van der Waals surface area contributed by atoms with Gasteiger partial charge in [-0.15, -0.1) is 0 Å². The fourth-order valence-corrected chi connectivity index (χ4v) is 5.79. The van der Waals surface area contributed by atoms with Crippen LogP contribution >= 0.6 is 0 Å². The van der Waals surface area contributed by atoms with Gasteiger partial charge in [0.25, 0.3) is 0 Å². The van der Waals surface area contributed by atoms with Crippen molar-refractivity contribution in [2.75, 3.05) is 57.7 Å². The largest absolute Gasteiger partial charge is 0.488 e. The summed E-state index contributed by atoms with van der Waals surface area (Å²) in [6, 6.07) is 6.78. The van der Waals surface area contributed by atoms with Gasteiger partial charge >= 0.3 is 6.03 Å². The molecule has 32 heavy (non-hydrogen) atoms. The van der Waals surface area contributed by atoms with Crippen LogP contribution in [0.4, 0.5) is 10.5 Å². The Balaban J connectivity index is 1.17. The zero-order valence-electron chi connectivity index (χ0n) is 19.6. The zero-order chi connectivity index (χ0) is 21.9. The van der Waals surface area contributed by atoms with Gasteiger partial charge in [-0.25, -0.2) is 4.79 Å². The first-order chi connectivity index (χ1) is 15.7. The molecule has 3 saturated heterocycles. The SMILES string of the molecule is CC1=C(CN2CCCC2)COc2cc(NC(=O)N3CCC(N4CCCCC4)CC3)ccc21. The average Bonchev–Trinajstić information content (AvgIpc) is 3.35. The fourth-order valence-electron chi connectivity index (χ4n) is 5.79. The van der Waals surface area contributed by atoms with E-state index in [4.69, 9.17) is 4.74 Å². The molecular weight excluding hydrogens is 400 g/mol. The number of rotatable bonds is 4. The summed E-state index contributed by atoms with van der Waals surface area (Å²) in [6.45, 7) is 10.4. The Hall–Kier alpha value is -2.05. The van der Waals surface area contributed by atoms with Crippen LogP contribution in [0.5, 0.6) is 5.75 Å². The smallest absolute Gasteiger partial charge is 0.321 e. The van der Waals surface area contributed by atoms with Crippen LogP contribution < -0.4 is 10.1 Å². The van der Waals surface area contributed by atoms with Gasteiger partial charge in [-0.2, -0.15) is 0 Å². The summed E-state index contributed by atoms with van der Waals surface area (Å²) in [6.07, 6.45) is 8.82. The second-order valence-corrected chi connectivity index (χ2v) is 9.96. The maximum atomic E-state index is 12.9. The van der Waals surface area contributed by atoms with Crippen molar-refractivity contribution < 1.29 is 9.53 Å². The summed E-state index contributed by atoms with van der Waals surface area (Å²) >= 11 is 0. The maximum Gasteiger partial charge on any atom is 0.321 e. The van der Waals surface area contributed by atoms with Gasteiger partial charge in [0.2, 0.25) is 0 Å². The highest BCUT2D eigenvalue weighted by Gasteiger charge is 2.28. The molecule has 0 atom stereocenters. The van der Waals surface area contributed by atoms with Crippen molar-refractivity contribution in [2.45, 2.75) is 57.9 Å². The number of nitrogens with one attached hydrogen (secondary N) is 1. The van der Waals surface area contributed by atoms with E-state index in [0.29, 0.717) is 12.6 Å². The Labute approximate surface area is 192 Å². The van der Waals surface area contributed by atoms with Crippen molar-refractivity contribution in [2.24, 2.45) is 0 Å². The Kier molecular flexibility index (Phi) is 6.69. The number of allylic oxidation sites excluding steroid dienone is 1. The number of carbonyl (C=O) groups excluding carboxylic acids is 1. The van der Waals surface area contributed by atoms with Crippen molar-refractivity contribution in [3.63, 3.8) is 0 Å². The summed E-state index contributed by atoms with van der Waals surface area (Å²) < 4.78 is 6.11. The normalized spacial score (nSPS) is 23.2. The first-order valence-corrected chi connectivity index (χ1v) is 12.7. The molecule has 4 heterocycles. The number of urea groups is 1. The maximum absolute atomic E-state index is 12.9. The summed E-state index contributed by atoms with van der Waals surface area (Å²) in [5.41, 5.74) is 4.69. The first-order valence-electron chi connectivity index (χ1n) is 12.7. The lowest BCUT2D eigenvalue weighted by Crippen LogP contribution is -2.49. The fraction of sp³-hybridized carbons (Fsp3) is 0.654.